The van der Waals surface area contributed by atoms with E-state index >= 15 is 0 Å². The van der Waals surface area contributed by atoms with Crippen LogP contribution in [-0.2, 0) is 9.53 Å². The van der Waals surface area contributed by atoms with Crippen molar-refractivity contribution in [2.24, 2.45) is 16.7 Å². The molecule has 2 heteroatoms. The molecule has 82 valence electrons. The third kappa shape index (κ3) is 1.55. The zero-order valence-electron chi connectivity index (χ0n) is 10.0. The summed E-state index contributed by atoms with van der Waals surface area (Å²) in [7, 11) is 1.48. The predicted molar refractivity (Wildman–Crippen MR) is 56.9 cm³/mol. The van der Waals surface area contributed by atoms with Crippen LogP contribution in [0, 0.1) is 16.7 Å². The monoisotopic (exact) mass is 198 g/mol. The van der Waals surface area contributed by atoms with Gasteiger partial charge in [0, 0.05) is 0 Å². The molecule has 0 amide bonds. The Morgan fingerprint density at radius 3 is 2.21 bits per heavy atom. The van der Waals surface area contributed by atoms with E-state index in [0.29, 0.717) is 0 Å². The highest BCUT2D eigenvalue weighted by Gasteiger charge is 2.50. The number of rotatable bonds is 2. The summed E-state index contributed by atoms with van der Waals surface area (Å²) >= 11 is 0. The standard InChI is InChI=1S/C12H22O2/c1-9(10(13)14-5)12(4)8-6-7-11(12,2)3/h9H,6-8H2,1-5H3. The van der Waals surface area contributed by atoms with Crippen molar-refractivity contribution in [1.29, 1.82) is 0 Å². The number of carbonyl (C=O) groups excluding carboxylic acids is 1. The van der Waals surface area contributed by atoms with Gasteiger partial charge < -0.3 is 4.74 Å². The largest absolute Gasteiger partial charge is 0.469 e. The third-order valence-electron chi connectivity index (χ3n) is 4.55. The fourth-order valence-electron chi connectivity index (χ4n) is 2.76. The van der Waals surface area contributed by atoms with E-state index in [-0.39, 0.29) is 22.7 Å². The van der Waals surface area contributed by atoms with Crippen LogP contribution in [0.4, 0.5) is 0 Å². The summed E-state index contributed by atoms with van der Waals surface area (Å²) in [5, 5.41) is 0. The molecule has 0 radical (unpaired) electrons. The van der Waals surface area contributed by atoms with Crippen molar-refractivity contribution in [3.05, 3.63) is 0 Å². The molecule has 1 aliphatic carbocycles. The molecule has 1 fully saturated rings. The number of hydrogen-bond acceptors (Lipinski definition) is 2. The van der Waals surface area contributed by atoms with Crippen molar-refractivity contribution in [1.82, 2.24) is 0 Å². The molecule has 0 bridgehead atoms. The van der Waals surface area contributed by atoms with Crippen LogP contribution in [0.2, 0.25) is 0 Å². The second-order valence-electron chi connectivity index (χ2n) is 5.40. The van der Waals surface area contributed by atoms with Crippen molar-refractivity contribution < 1.29 is 9.53 Å². The summed E-state index contributed by atoms with van der Waals surface area (Å²) in [5.74, 6) is -0.0625. The Kier molecular flexibility index (Phi) is 2.93. The quantitative estimate of drug-likeness (QED) is 0.637. The number of ether oxygens (including phenoxy) is 1. The van der Waals surface area contributed by atoms with Gasteiger partial charge in [0.1, 0.15) is 0 Å². The SMILES string of the molecule is COC(=O)C(C)C1(C)CCCC1(C)C. The normalized spacial score (nSPS) is 32.6. The Morgan fingerprint density at radius 2 is 1.86 bits per heavy atom. The number of methoxy groups -OCH3 is 1. The second kappa shape index (κ2) is 3.56. The van der Waals surface area contributed by atoms with Crippen LogP contribution in [-0.4, -0.2) is 13.1 Å². The molecule has 0 aromatic heterocycles. The topological polar surface area (TPSA) is 26.3 Å². The van der Waals surface area contributed by atoms with Gasteiger partial charge in [-0.2, -0.15) is 0 Å². The average Bonchev–Trinajstić information content (AvgIpc) is 2.40. The lowest BCUT2D eigenvalue weighted by atomic mass is 9.62. The maximum atomic E-state index is 11.6. The first-order valence-corrected chi connectivity index (χ1v) is 5.43. The van der Waals surface area contributed by atoms with E-state index in [0.717, 1.165) is 6.42 Å². The molecule has 0 saturated heterocycles. The van der Waals surface area contributed by atoms with Gasteiger partial charge in [0.2, 0.25) is 0 Å². The molecule has 14 heavy (non-hydrogen) atoms. The molecule has 0 aromatic rings. The molecule has 1 rings (SSSR count). The Bertz CT molecular complexity index is 232. The third-order valence-corrected chi connectivity index (χ3v) is 4.55. The van der Waals surface area contributed by atoms with E-state index in [1.54, 1.807) is 0 Å². The predicted octanol–water partition coefficient (Wildman–Crippen LogP) is 3.01. The summed E-state index contributed by atoms with van der Waals surface area (Å²) in [6, 6.07) is 0. The van der Waals surface area contributed by atoms with Crippen LogP contribution in [0.1, 0.15) is 47.0 Å². The van der Waals surface area contributed by atoms with E-state index in [9.17, 15) is 4.79 Å². The molecular formula is C12H22O2. The van der Waals surface area contributed by atoms with Crippen molar-refractivity contribution >= 4 is 5.97 Å². The lowest BCUT2D eigenvalue weighted by Gasteiger charge is -2.42. The smallest absolute Gasteiger partial charge is 0.308 e. The zero-order valence-corrected chi connectivity index (χ0v) is 10.0. The fraction of sp³-hybridized carbons (Fsp3) is 0.917. The highest BCUT2D eigenvalue weighted by Crippen LogP contribution is 2.56. The van der Waals surface area contributed by atoms with Crippen LogP contribution >= 0.6 is 0 Å². The second-order valence-corrected chi connectivity index (χ2v) is 5.40. The summed E-state index contributed by atoms with van der Waals surface area (Å²) < 4.78 is 4.84. The zero-order chi connectivity index (χ0) is 11.0. The average molecular weight is 198 g/mol. The van der Waals surface area contributed by atoms with Gasteiger partial charge >= 0.3 is 5.97 Å². The van der Waals surface area contributed by atoms with Crippen LogP contribution in [0.3, 0.4) is 0 Å². The van der Waals surface area contributed by atoms with Crippen molar-refractivity contribution in [2.45, 2.75) is 47.0 Å². The maximum Gasteiger partial charge on any atom is 0.308 e. The minimum absolute atomic E-state index is 0.00463. The highest BCUT2D eigenvalue weighted by molar-refractivity contribution is 5.73. The first kappa shape index (κ1) is 11.5. The molecule has 0 aromatic carbocycles. The van der Waals surface area contributed by atoms with Crippen molar-refractivity contribution in [2.75, 3.05) is 7.11 Å². The lowest BCUT2D eigenvalue weighted by Crippen LogP contribution is -2.40. The van der Waals surface area contributed by atoms with Gasteiger partial charge in [0.15, 0.2) is 0 Å². The maximum absolute atomic E-state index is 11.6. The first-order chi connectivity index (χ1) is 6.35. The molecular weight excluding hydrogens is 176 g/mol. The molecule has 2 atom stereocenters. The molecule has 0 spiro atoms. The van der Waals surface area contributed by atoms with Gasteiger partial charge in [0.05, 0.1) is 13.0 Å². The highest BCUT2D eigenvalue weighted by atomic mass is 16.5. The number of carbonyl (C=O) groups is 1. The van der Waals surface area contributed by atoms with E-state index in [2.05, 4.69) is 20.8 Å². The molecule has 2 unspecified atom stereocenters. The molecule has 2 nitrogen and oxygen atoms in total. The summed E-state index contributed by atoms with van der Waals surface area (Å²) in [6.45, 7) is 8.75. The van der Waals surface area contributed by atoms with Crippen molar-refractivity contribution in [3.8, 4) is 0 Å². The fourth-order valence-corrected chi connectivity index (χ4v) is 2.76. The first-order valence-electron chi connectivity index (χ1n) is 5.43. The summed E-state index contributed by atoms with van der Waals surface area (Å²) in [4.78, 5) is 11.6. The van der Waals surface area contributed by atoms with Gasteiger partial charge in [-0.15, -0.1) is 0 Å². The Hall–Kier alpha value is -0.530. The minimum Gasteiger partial charge on any atom is -0.469 e. The lowest BCUT2D eigenvalue weighted by molar-refractivity contribution is -0.152. The Morgan fingerprint density at radius 1 is 1.29 bits per heavy atom. The Balaban J connectivity index is 2.89. The molecule has 1 aliphatic rings. The number of hydrogen-bond donors (Lipinski definition) is 0. The van der Waals surface area contributed by atoms with Crippen LogP contribution in [0.25, 0.3) is 0 Å². The summed E-state index contributed by atoms with van der Waals surface area (Å²) in [6.07, 6.45) is 3.58. The Labute approximate surface area is 87.0 Å². The minimum atomic E-state index is -0.0672. The van der Waals surface area contributed by atoms with Crippen LogP contribution in [0.5, 0.6) is 0 Å². The van der Waals surface area contributed by atoms with Gasteiger partial charge in [-0.3, -0.25) is 4.79 Å². The van der Waals surface area contributed by atoms with E-state index < -0.39 is 0 Å². The molecule has 0 heterocycles. The molecule has 1 saturated carbocycles. The van der Waals surface area contributed by atoms with E-state index in [4.69, 9.17) is 4.74 Å². The van der Waals surface area contributed by atoms with E-state index in [1.807, 2.05) is 6.92 Å². The van der Waals surface area contributed by atoms with Crippen LogP contribution in [0.15, 0.2) is 0 Å². The summed E-state index contributed by atoms with van der Waals surface area (Å²) in [5.41, 5.74) is 0.348. The number of esters is 1. The van der Waals surface area contributed by atoms with Gasteiger partial charge in [-0.05, 0) is 23.7 Å². The molecule has 0 N–H and O–H groups in total. The van der Waals surface area contributed by atoms with E-state index in [1.165, 1.54) is 20.0 Å². The molecule has 0 aliphatic heterocycles. The van der Waals surface area contributed by atoms with Gasteiger partial charge in [0.25, 0.3) is 0 Å². The van der Waals surface area contributed by atoms with Crippen molar-refractivity contribution in [3.63, 3.8) is 0 Å². The van der Waals surface area contributed by atoms with Crippen LogP contribution < -0.4 is 0 Å². The van der Waals surface area contributed by atoms with Gasteiger partial charge in [-0.1, -0.05) is 34.1 Å². The van der Waals surface area contributed by atoms with Gasteiger partial charge in [-0.25, -0.2) is 0 Å².